The molecule has 0 saturated carbocycles. The van der Waals surface area contributed by atoms with Crippen molar-refractivity contribution in [2.75, 3.05) is 4.90 Å². The first-order chi connectivity index (χ1) is 26.8. The second kappa shape index (κ2) is 13.4. The summed E-state index contributed by atoms with van der Waals surface area (Å²) in [6, 6.07) is 75.8. The highest BCUT2D eigenvalue weighted by molar-refractivity contribution is 6.18. The van der Waals surface area contributed by atoms with E-state index >= 15 is 0 Å². The van der Waals surface area contributed by atoms with E-state index in [4.69, 9.17) is 4.42 Å². The Morgan fingerprint density at radius 2 is 0.704 bits per heavy atom. The average Bonchev–Trinajstić information content (AvgIpc) is 3.65. The van der Waals surface area contributed by atoms with Crippen molar-refractivity contribution in [2.45, 2.75) is 0 Å². The van der Waals surface area contributed by atoms with E-state index in [-0.39, 0.29) is 0 Å². The number of hydrogen-bond acceptors (Lipinski definition) is 2. The van der Waals surface area contributed by atoms with Crippen LogP contribution in [0.15, 0.2) is 217 Å². The van der Waals surface area contributed by atoms with Crippen LogP contribution in [0.5, 0.6) is 0 Å². The summed E-state index contributed by atoms with van der Waals surface area (Å²) in [6.45, 7) is 0. The van der Waals surface area contributed by atoms with Gasteiger partial charge in [0.1, 0.15) is 5.58 Å². The molecule has 0 spiro atoms. The van der Waals surface area contributed by atoms with Crippen LogP contribution in [0.1, 0.15) is 0 Å². The molecule has 0 unspecified atom stereocenters. The highest BCUT2D eigenvalue weighted by atomic mass is 16.3. The molecule has 1 heterocycles. The molecule has 0 radical (unpaired) electrons. The van der Waals surface area contributed by atoms with Gasteiger partial charge in [-0.25, -0.2) is 0 Å². The van der Waals surface area contributed by atoms with Crippen LogP contribution in [0.4, 0.5) is 17.1 Å². The van der Waals surface area contributed by atoms with Crippen LogP contribution < -0.4 is 4.90 Å². The van der Waals surface area contributed by atoms with Gasteiger partial charge in [-0.05, 0) is 92.4 Å². The predicted octanol–water partition coefficient (Wildman–Crippen LogP) is 14.9. The lowest BCUT2D eigenvalue weighted by Gasteiger charge is -2.26. The first-order valence-electron chi connectivity index (χ1n) is 18.4. The summed E-state index contributed by atoms with van der Waals surface area (Å²) in [6.07, 6.45) is 0. The Morgan fingerprint density at radius 3 is 1.22 bits per heavy atom. The molecule has 54 heavy (non-hydrogen) atoms. The molecule has 0 amide bonds. The van der Waals surface area contributed by atoms with Crippen LogP contribution in [-0.4, -0.2) is 0 Å². The molecule has 2 nitrogen and oxygen atoms in total. The summed E-state index contributed by atoms with van der Waals surface area (Å²) in [5.74, 6) is 0. The van der Waals surface area contributed by atoms with Gasteiger partial charge in [0.2, 0.25) is 0 Å². The van der Waals surface area contributed by atoms with Crippen LogP contribution in [0.3, 0.4) is 0 Å². The van der Waals surface area contributed by atoms with Gasteiger partial charge in [-0.2, -0.15) is 0 Å². The maximum atomic E-state index is 7.00. The van der Waals surface area contributed by atoms with E-state index in [1.807, 2.05) is 0 Å². The summed E-state index contributed by atoms with van der Waals surface area (Å²) >= 11 is 0. The van der Waals surface area contributed by atoms with E-state index in [1.165, 1.54) is 27.8 Å². The van der Waals surface area contributed by atoms with Crippen molar-refractivity contribution in [2.24, 2.45) is 0 Å². The minimum atomic E-state index is 0.855. The third-order valence-electron chi connectivity index (χ3n) is 10.5. The standard InChI is InChI=1S/C52H35NO/c1-4-12-36(13-5-1)39-20-22-40(23-21-39)42-26-31-46(32-27-42)53(45-29-24-41(25-30-45)37-14-6-2-7-15-37)50-35-44(38-16-8-3-9-17-38)34-49-48-33-28-43-18-10-11-19-47(43)51(48)54-52(49)50/h1-35H. The Hall–Kier alpha value is -7.16. The number of anilines is 3. The minimum absolute atomic E-state index is 0.855. The Balaban J connectivity index is 1.16. The van der Waals surface area contributed by atoms with Crippen LogP contribution in [0.2, 0.25) is 0 Å². The van der Waals surface area contributed by atoms with Crippen molar-refractivity contribution >= 4 is 49.8 Å². The van der Waals surface area contributed by atoms with Crippen molar-refractivity contribution in [1.29, 1.82) is 0 Å². The fourth-order valence-electron chi connectivity index (χ4n) is 7.70. The Labute approximate surface area is 314 Å². The molecule has 0 bridgehead atoms. The van der Waals surface area contributed by atoms with Gasteiger partial charge in [-0.3, -0.25) is 0 Å². The van der Waals surface area contributed by atoms with Crippen molar-refractivity contribution in [3.63, 3.8) is 0 Å². The molecule has 254 valence electrons. The first kappa shape index (κ1) is 31.6. The maximum absolute atomic E-state index is 7.00. The van der Waals surface area contributed by atoms with Crippen molar-refractivity contribution in [3.05, 3.63) is 212 Å². The van der Waals surface area contributed by atoms with E-state index in [0.717, 1.165) is 66.5 Å². The number of benzene rings is 9. The second-order valence-electron chi connectivity index (χ2n) is 13.7. The number of nitrogens with zero attached hydrogens (tertiary/aromatic N) is 1. The zero-order chi connectivity index (χ0) is 35.8. The lowest BCUT2D eigenvalue weighted by atomic mass is 9.98. The van der Waals surface area contributed by atoms with E-state index < -0.39 is 0 Å². The molecule has 0 aliphatic heterocycles. The third-order valence-corrected chi connectivity index (χ3v) is 10.5. The summed E-state index contributed by atoms with van der Waals surface area (Å²) in [4.78, 5) is 2.34. The Morgan fingerprint density at radius 1 is 0.278 bits per heavy atom. The van der Waals surface area contributed by atoms with Crippen LogP contribution in [-0.2, 0) is 0 Å². The van der Waals surface area contributed by atoms with Crippen LogP contribution in [0.25, 0.3) is 77.2 Å². The molecule has 0 aliphatic rings. The number of hydrogen-bond donors (Lipinski definition) is 0. The Bertz CT molecular complexity index is 2880. The molecule has 1 aromatic heterocycles. The Kier molecular flexibility index (Phi) is 7.85. The van der Waals surface area contributed by atoms with Gasteiger partial charge in [0.15, 0.2) is 5.58 Å². The summed E-state index contributed by atoms with van der Waals surface area (Å²) < 4.78 is 7.00. The zero-order valence-corrected chi connectivity index (χ0v) is 29.6. The minimum Gasteiger partial charge on any atom is -0.453 e. The van der Waals surface area contributed by atoms with Crippen LogP contribution >= 0.6 is 0 Å². The van der Waals surface area contributed by atoms with E-state index in [9.17, 15) is 0 Å². The smallest absolute Gasteiger partial charge is 0.159 e. The quantitative estimate of drug-likeness (QED) is 0.166. The summed E-state index contributed by atoms with van der Waals surface area (Å²) in [5, 5.41) is 4.47. The molecule has 0 N–H and O–H groups in total. The molecule has 10 aromatic rings. The number of rotatable bonds is 7. The first-order valence-corrected chi connectivity index (χ1v) is 18.4. The third kappa shape index (κ3) is 5.71. The van der Waals surface area contributed by atoms with Gasteiger partial charge in [0.25, 0.3) is 0 Å². The maximum Gasteiger partial charge on any atom is 0.159 e. The lowest BCUT2D eigenvalue weighted by molar-refractivity contribution is 0.673. The van der Waals surface area contributed by atoms with E-state index in [2.05, 4.69) is 217 Å². The average molecular weight is 690 g/mol. The number of furan rings is 1. The fraction of sp³-hybridized carbons (Fsp3) is 0. The zero-order valence-electron chi connectivity index (χ0n) is 29.6. The molecule has 2 heteroatoms. The van der Waals surface area contributed by atoms with Gasteiger partial charge in [-0.1, -0.05) is 170 Å². The normalized spacial score (nSPS) is 11.3. The summed E-state index contributed by atoms with van der Waals surface area (Å²) in [5.41, 5.74) is 14.3. The molecular weight excluding hydrogens is 655 g/mol. The van der Waals surface area contributed by atoms with Gasteiger partial charge in [0, 0.05) is 27.5 Å². The van der Waals surface area contributed by atoms with Gasteiger partial charge >= 0.3 is 0 Å². The SMILES string of the molecule is c1ccc(-c2ccc(-c3ccc(N(c4ccc(-c5ccccc5)cc4)c4cc(-c5ccccc5)cc5c4oc4c6ccccc6ccc54)cc3)cc2)cc1. The van der Waals surface area contributed by atoms with E-state index in [0.29, 0.717) is 0 Å². The van der Waals surface area contributed by atoms with E-state index in [1.54, 1.807) is 0 Å². The highest BCUT2D eigenvalue weighted by Gasteiger charge is 2.22. The van der Waals surface area contributed by atoms with Crippen molar-refractivity contribution in [3.8, 4) is 44.5 Å². The molecule has 0 fully saturated rings. The fourth-order valence-corrected chi connectivity index (χ4v) is 7.70. The molecule has 10 rings (SSSR count). The van der Waals surface area contributed by atoms with Crippen LogP contribution in [0, 0.1) is 0 Å². The second-order valence-corrected chi connectivity index (χ2v) is 13.7. The molecule has 9 aromatic carbocycles. The molecule has 0 saturated heterocycles. The summed E-state index contributed by atoms with van der Waals surface area (Å²) in [7, 11) is 0. The largest absolute Gasteiger partial charge is 0.453 e. The predicted molar refractivity (Wildman–Crippen MR) is 228 cm³/mol. The molecule has 0 aliphatic carbocycles. The van der Waals surface area contributed by atoms with Crippen molar-refractivity contribution < 1.29 is 4.42 Å². The monoisotopic (exact) mass is 689 g/mol. The van der Waals surface area contributed by atoms with Gasteiger partial charge in [0.05, 0.1) is 5.69 Å². The van der Waals surface area contributed by atoms with Crippen molar-refractivity contribution in [1.82, 2.24) is 0 Å². The topological polar surface area (TPSA) is 16.4 Å². The highest BCUT2D eigenvalue weighted by Crippen LogP contribution is 2.46. The number of fused-ring (bicyclic) bond motifs is 5. The van der Waals surface area contributed by atoms with Gasteiger partial charge < -0.3 is 9.32 Å². The van der Waals surface area contributed by atoms with Gasteiger partial charge in [-0.15, -0.1) is 0 Å². The molecular formula is C52H35NO. The lowest BCUT2D eigenvalue weighted by Crippen LogP contribution is -2.10. The molecule has 0 atom stereocenters.